The fraction of sp³-hybridized carbons (Fsp3) is 0.238. The number of benzene rings is 2. The average Bonchev–Trinajstić information content (AvgIpc) is 2.74. The van der Waals surface area contributed by atoms with Crippen LogP contribution in [0.3, 0.4) is 0 Å². The first-order valence-electron chi connectivity index (χ1n) is 8.48. The first-order valence-corrected chi connectivity index (χ1v) is 9.28. The number of ether oxygens (including phenoxy) is 1. The second kappa shape index (κ2) is 7.56. The Morgan fingerprint density at radius 3 is 2.56 bits per heavy atom. The summed E-state index contributed by atoms with van der Waals surface area (Å²) in [6.07, 6.45) is -0.183. The van der Waals surface area contributed by atoms with Crippen molar-refractivity contribution in [3.63, 3.8) is 0 Å². The highest BCUT2D eigenvalue weighted by molar-refractivity contribution is 9.15. The number of carbonyl (C=O) groups excluding carboxylic acids is 1. The van der Waals surface area contributed by atoms with Gasteiger partial charge in [0.1, 0.15) is 5.75 Å². The molecule has 6 heteroatoms. The molecular formula is C21H20BrNO4. The summed E-state index contributed by atoms with van der Waals surface area (Å²) in [7, 11) is 1.56. The minimum atomic E-state index is -1.11. The topological polar surface area (TPSA) is 66.8 Å². The lowest BCUT2D eigenvalue weighted by Crippen LogP contribution is -2.30. The predicted molar refractivity (Wildman–Crippen MR) is 108 cm³/mol. The van der Waals surface area contributed by atoms with Crippen LogP contribution in [-0.2, 0) is 16.1 Å². The van der Waals surface area contributed by atoms with Crippen LogP contribution in [0.4, 0.5) is 5.69 Å². The first kappa shape index (κ1) is 19.2. The van der Waals surface area contributed by atoms with Crippen LogP contribution in [0.5, 0.6) is 5.75 Å². The Balaban J connectivity index is 2.12. The molecule has 0 unspecified atom stereocenters. The Kier molecular flexibility index (Phi) is 5.37. The maximum atomic E-state index is 13.0. The molecule has 1 amide bonds. The van der Waals surface area contributed by atoms with E-state index in [1.165, 1.54) is 5.56 Å². The molecule has 0 bridgehead atoms. The predicted octanol–water partition coefficient (Wildman–Crippen LogP) is 4.44. The first-order chi connectivity index (χ1) is 12.8. The number of hydrogen-bond acceptors (Lipinski definition) is 3. The second-order valence-corrected chi connectivity index (χ2v) is 7.35. The molecule has 1 heterocycles. The summed E-state index contributed by atoms with van der Waals surface area (Å²) in [6.45, 7) is 4.42. The van der Waals surface area contributed by atoms with Gasteiger partial charge in [-0.25, -0.2) is 4.79 Å². The molecule has 0 radical (unpaired) electrons. The van der Waals surface area contributed by atoms with Crippen molar-refractivity contribution in [2.24, 2.45) is 0 Å². The van der Waals surface area contributed by atoms with Gasteiger partial charge in [-0.3, -0.25) is 4.79 Å². The van der Waals surface area contributed by atoms with E-state index < -0.39 is 5.97 Å². The fourth-order valence-electron chi connectivity index (χ4n) is 3.10. The van der Waals surface area contributed by atoms with Gasteiger partial charge in [-0.15, -0.1) is 0 Å². The van der Waals surface area contributed by atoms with Crippen LogP contribution < -0.4 is 9.64 Å². The SMILES string of the molecule is COc1ccc2c(c1)N(Cc1ccc(C)c(C)c1)C(=O)CC(C(=O)O)=C2Br. The minimum Gasteiger partial charge on any atom is -0.497 e. The third-order valence-corrected chi connectivity index (χ3v) is 5.70. The lowest BCUT2D eigenvalue weighted by atomic mass is 10.1. The van der Waals surface area contributed by atoms with Crippen LogP contribution in [0.15, 0.2) is 42.0 Å². The number of methoxy groups -OCH3 is 1. The normalized spacial score (nSPS) is 14.1. The minimum absolute atomic E-state index is 0.0500. The number of carboxylic acids is 1. The van der Waals surface area contributed by atoms with E-state index >= 15 is 0 Å². The summed E-state index contributed by atoms with van der Waals surface area (Å²) >= 11 is 3.39. The van der Waals surface area contributed by atoms with Crippen LogP contribution in [0.2, 0.25) is 0 Å². The van der Waals surface area contributed by atoms with Crippen molar-refractivity contribution in [1.29, 1.82) is 0 Å². The molecular weight excluding hydrogens is 410 g/mol. The molecule has 2 aromatic carbocycles. The zero-order chi connectivity index (χ0) is 19.7. The summed E-state index contributed by atoms with van der Waals surface area (Å²) in [5, 5.41) is 9.54. The van der Waals surface area contributed by atoms with Crippen LogP contribution in [0, 0.1) is 13.8 Å². The molecule has 5 nitrogen and oxygen atoms in total. The number of amides is 1. The number of carbonyl (C=O) groups is 2. The molecule has 140 valence electrons. The summed E-state index contributed by atoms with van der Waals surface area (Å²) in [5.74, 6) is -0.773. The molecule has 0 spiro atoms. The smallest absolute Gasteiger partial charge is 0.333 e. The monoisotopic (exact) mass is 429 g/mol. The highest BCUT2D eigenvalue weighted by atomic mass is 79.9. The maximum absolute atomic E-state index is 13.0. The van der Waals surface area contributed by atoms with Crippen LogP contribution in [0.25, 0.3) is 4.48 Å². The molecule has 2 aromatic rings. The quantitative estimate of drug-likeness (QED) is 0.779. The van der Waals surface area contributed by atoms with Crippen molar-refractivity contribution in [2.45, 2.75) is 26.8 Å². The standard InChI is InChI=1S/C21H20BrNO4/c1-12-4-5-14(8-13(12)2)11-23-18-9-15(27-3)6-7-16(18)20(22)17(21(25)26)10-19(23)24/h4-9H,10-11H2,1-3H3,(H,25,26). The number of nitrogens with zero attached hydrogens (tertiary/aromatic N) is 1. The number of hydrogen-bond donors (Lipinski definition) is 1. The Hall–Kier alpha value is -2.60. The molecule has 0 saturated carbocycles. The Morgan fingerprint density at radius 1 is 1.19 bits per heavy atom. The zero-order valence-electron chi connectivity index (χ0n) is 15.4. The highest BCUT2D eigenvalue weighted by Crippen LogP contribution is 2.40. The number of halogens is 1. The van der Waals surface area contributed by atoms with E-state index in [9.17, 15) is 14.7 Å². The number of fused-ring (bicyclic) bond motifs is 1. The van der Waals surface area contributed by atoms with Gasteiger partial charge in [-0.2, -0.15) is 0 Å². The van der Waals surface area contributed by atoms with Gasteiger partial charge in [-0.05, 0) is 58.6 Å². The van der Waals surface area contributed by atoms with Gasteiger partial charge in [0.05, 0.1) is 31.3 Å². The van der Waals surface area contributed by atoms with Crippen molar-refractivity contribution in [3.8, 4) is 5.75 Å². The molecule has 0 fully saturated rings. The maximum Gasteiger partial charge on any atom is 0.333 e. The lowest BCUT2D eigenvalue weighted by Gasteiger charge is -2.24. The lowest BCUT2D eigenvalue weighted by molar-refractivity contribution is -0.133. The highest BCUT2D eigenvalue weighted by Gasteiger charge is 2.30. The van der Waals surface area contributed by atoms with Gasteiger partial charge in [0.25, 0.3) is 0 Å². The van der Waals surface area contributed by atoms with Crippen LogP contribution >= 0.6 is 15.9 Å². The van der Waals surface area contributed by atoms with Crippen LogP contribution in [0.1, 0.15) is 28.7 Å². The van der Waals surface area contributed by atoms with Crippen LogP contribution in [-0.4, -0.2) is 24.1 Å². The van der Waals surface area contributed by atoms with Gasteiger partial charge >= 0.3 is 5.97 Å². The largest absolute Gasteiger partial charge is 0.497 e. The van der Waals surface area contributed by atoms with Crippen molar-refractivity contribution in [1.82, 2.24) is 0 Å². The number of aryl methyl sites for hydroxylation is 2. The van der Waals surface area contributed by atoms with E-state index in [1.807, 2.05) is 32.0 Å². The summed E-state index contributed by atoms with van der Waals surface area (Å²) < 4.78 is 5.73. The molecule has 1 aliphatic heterocycles. The van der Waals surface area contributed by atoms with E-state index in [-0.39, 0.29) is 17.9 Å². The molecule has 0 aliphatic carbocycles. The molecule has 1 N–H and O–H groups in total. The summed E-state index contributed by atoms with van der Waals surface area (Å²) in [5.41, 5.74) is 4.64. The molecule has 1 aliphatic rings. The van der Waals surface area contributed by atoms with Crippen molar-refractivity contribution in [2.75, 3.05) is 12.0 Å². The molecule has 0 saturated heterocycles. The summed E-state index contributed by atoms with van der Waals surface area (Å²) in [6, 6.07) is 11.3. The Bertz CT molecular complexity index is 965. The van der Waals surface area contributed by atoms with Gasteiger partial charge in [0, 0.05) is 16.1 Å². The second-order valence-electron chi connectivity index (χ2n) is 6.56. The average molecular weight is 430 g/mol. The zero-order valence-corrected chi connectivity index (χ0v) is 17.0. The fourth-order valence-corrected chi connectivity index (χ4v) is 3.74. The number of anilines is 1. The van der Waals surface area contributed by atoms with Crippen molar-refractivity contribution in [3.05, 3.63) is 64.2 Å². The number of carboxylic acid groups (broad SMARTS) is 1. The van der Waals surface area contributed by atoms with Gasteiger partial charge < -0.3 is 14.7 Å². The van der Waals surface area contributed by atoms with E-state index in [4.69, 9.17) is 4.74 Å². The molecule has 0 atom stereocenters. The molecule has 3 rings (SSSR count). The molecule has 0 aromatic heterocycles. The van der Waals surface area contributed by atoms with E-state index in [1.54, 1.807) is 30.2 Å². The number of aliphatic carboxylic acids is 1. The van der Waals surface area contributed by atoms with Crippen molar-refractivity contribution >= 4 is 38.0 Å². The third-order valence-electron chi connectivity index (χ3n) is 4.80. The summed E-state index contributed by atoms with van der Waals surface area (Å²) in [4.78, 5) is 26.2. The molecule has 27 heavy (non-hydrogen) atoms. The van der Waals surface area contributed by atoms with Gasteiger partial charge in [0.2, 0.25) is 5.91 Å². The third kappa shape index (κ3) is 3.76. The van der Waals surface area contributed by atoms with Gasteiger partial charge in [0.15, 0.2) is 0 Å². The Labute approximate surface area is 166 Å². The van der Waals surface area contributed by atoms with Crippen molar-refractivity contribution < 1.29 is 19.4 Å². The van der Waals surface area contributed by atoms with E-state index in [0.717, 1.165) is 11.1 Å². The van der Waals surface area contributed by atoms with E-state index in [0.29, 0.717) is 28.0 Å². The van der Waals surface area contributed by atoms with E-state index in [2.05, 4.69) is 15.9 Å². The number of rotatable bonds is 4. The Morgan fingerprint density at radius 2 is 1.93 bits per heavy atom. The van der Waals surface area contributed by atoms with Gasteiger partial charge in [-0.1, -0.05) is 18.2 Å².